The molecule has 2 aliphatic heterocycles. The SMILES string of the molecule is CN1CCN(CCN2C(=O)NC3(CCCC3)C2=O)Cc2ccccc21. The van der Waals surface area contributed by atoms with Gasteiger partial charge in [0.25, 0.3) is 5.91 Å². The van der Waals surface area contributed by atoms with Crippen molar-refractivity contribution in [3.8, 4) is 0 Å². The third-order valence-electron chi connectivity index (χ3n) is 5.89. The lowest BCUT2D eigenvalue weighted by Crippen LogP contribution is -2.44. The van der Waals surface area contributed by atoms with Crippen LogP contribution in [-0.4, -0.2) is 60.5 Å². The van der Waals surface area contributed by atoms with E-state index in [9.17, 15) is 9.59 Å². The van der Waals surface area contributed by atoms with E-state index in [1.807, 2.05) is 0 Å². The number of urea groups is 1. The minimum Gasteiger partial charge on any atom is -0.373 e. The molecule has 1 aromatic carbocycles. The molecule has 2 fully saturated rings. The van der Waals surface area contributed by atoms with Crippen molar-refractivity contribution in [1.29, 1.82) is 0 Å². The predicted octanol–water partition coefficient (Wildman–Crippen LogP) is 1.80. The first-order valence-electron chi connectivity index (χ1n) is 9.25. The van der Waals surface area contributed by atoms with Crippen LogP contribution in [-0.2, 0) is 11.3 Å². The van der Waals surface area contributed by atoms with Crippen molar-refractivity contribution in [2.45, 2.75) is 37.8 Å². The molecule has 3 amide bonds. The Labute approximate surface area is 148 Å². The minimum absolute atomic E-state index is 0.0117. The van der Waals surface area contributed by atoms with Crippen molar-refractivity contribution < 1.29 is 9.59 Å². The number of rotatable bonds is 3. The Morgan fingerprint density at radius 3 is 2.64 bits per heavy atom. The van der Waals surface area contributed by atoms with E-state index in [0.717, 1.165) is 51.9 Å². The van der Waals surface area contributed by atoms with E-state index in [0.29, 0.717) is 6.54 Å². The van der Waals surface area contributed by atoms with Gasteiger partial charge < -0.3 is 10.2 Å². The molecule has 0 radical (unpaired) electrons. The topological polar surface area (TPSA) is 55.9 Å². The number of fused-ring (bicyclic) bond motifs is 1. The van der Waals surface area contributed by atoms with Gasteiger partial charge in [0.1, 0.15) is 5.54 Å². The molecule has 1 spiro atoms. The molecule has 1 N–H and O–H groups in total. The fraction of sp³-hybridized carbons (Fsp3) is 0.579. The molecule has 134 valence electrons. The second-order valence-electron chi connectivity index (χ2n) is 7.50. The van der Waals surface area contributed by atoms with Gasteiger partial charge in [-0.3, -0.25) is 14.6 Å². The summed E-state index contributed by atoms with van der Waals surface area (Å²) in [5.41, 5.74) is 1.97. The van der Waals surface area contributed by atoms with Crippen molar-refractivity contribution in [3.63, 3.8) is 0 Å². The molecule has 0 bridgehead atoms. The van der Waals surface area contributed by atoms with Gasteiger partial charge in [0.05, 0.1) is 0 Å². The summed E-state index contributed by atoms with van der Waals surface area (Å²) >= 11 is 0. The molecular weight excluding hydrogens is 316 g/mol. The van der Waals surface area contributed by atoms with Crippen LogP contribution >= 0.6 is 0 Å². The number of hydrogen-bond donors (Lipinski definition) is 1. The Kier molecular flexibility index (Phi) is 4.15. The predicted molar refractivity (Wildman–Crippen MR) is 96.4 cm³/mol. The second-order valence-corrected chi connectivity index (χ2v) is 7.50. The van der Waals surface area contributed by atoms with E-state index in [1.54, 1.807) is 0 Å². The average Bonchev–Trinajstić information content (AvgIpc) is 3.12. The van der Waals surface area contributed by atoms with Gasteiger partial charge in [-0.1, -0.05) is 31.0 Å². The van der Waals surface area contributed by atoms with Gasteiger partial charge in [-0.05, 0) is 24.5 Å². The maximum atomic E-state index is 12.7. The number of imide groups is 1. The van der Waals surface area contributed by atoms with Crippen LogP contribution in [0.5, 0.6) is 0 Å². The molecule has 0 atom stereocenters. The Morgan fingerprint density at radius 2 is 1.84 bits per heavy atom. The number of carbonyl (C=O) groups is 2. The minimum atomic E-state index is -0.595. The summed E-state index contributed by atoms with van der Waals surface area (Å²) in [5.74, 6) is -0.0117. The van der Waals surface area contributed by atoms with Gasteiger partial charge >= 0.3 is 6.03 Å². The number of carbonyl (C=O) groups excluding carboxylic acids is 2. The summed E-state index contributed by atoms with van der Waals surface area (Å²) < 4.78 is 0. The molecule has 6 nitrogen and oxygen atoms in total. The maximum absolute atomic E-state index is 12.7. The number of nitrogens with one attached hydrogen (secondary N) is 1. The van der Waals surface area contributed by atoms with Crippen LogP contribution in [0.2, 0.25) is 0 Å². The molecule has 6 heteroatoms. The highest BCUT2D eigenvalue weighted by atomic mass is 16.2. The second kappa shape index (κ2) is 6.33. The summed E-state index contributed by atoms with van der Waals surface area (Å²) in [5, 5.41) is 2.96. The third kappa shape index (κ3) is 2.88. The summed E-state index contributed by atoms with van der Waals surface area (Å²) in [6.07, 6.45) is 3.62. The van der Waals surface area contributed by atoms with Crippen LogP contribution < -0.4 is 10.2 Å². The Bertz CT molecular complexity index is 684. The van der Waals surface area contributed by atoms with Crippen molar-refractivity contribution in [2.75, 3.05) is 38.1 Å². The molecule has 2 heterocycles. The molecule has 1 saturated heterocycles. The van der Waals surface area contributed by atoms with Crippen molar-refractivity contribution in [2.24, 2.45) is 0 Å². The van der Waals surface area contributed by atoms with Gasteiger partial charge in [0.15, 0.2) is 0 Å². The number of benzene rings is 1. The number of para-hydroxylation sites is 1. The Balaban J connectivity index is 1.42. The number of anilines is 1. The van der Waals surface area contributed by atoms with Crippen LogP contribution in [0.15, 0.2) is 24.3 Å². The first kappa shape index (κ1) is 16.4. The van der Waals surface area contributed by atoms with E-state index >= 15 is 0 Å². The molecule has 25 heavy (non-hydrogen) atoms. The van der Waals surface area contributed by atoms with Crippen LogP contribution in [0.4, 0.5) is 10.5 Å². The molecule has 3 aliphatic rings. The summed E-state index contributed by atoms with van der Waals surface area (Å²) in [6, 6.07) is 8.24. The van der Waals surface area contributed by atoms with Crippen molar-refractivity contribution in [1.82, 2.24) is 15.1 Å². The first-order chi connectivity index (χ1) is 12.1. The molecular formula is C19H26N4O2. The number of amides is 3. The lowest BCUT2D eigenvalue weighted by Gasteiger charge is -2.24. The van der Waals surface area contributed by atoms with Crippen LogP contribution in [0.3, 0.4) is 0 Å². The van der Waals surface area contributed by atoms with E-state index in [1.165, 1.54) is 16.2 Å². The molecule has 1 aromatic rings. The van der Waals surface area contributed by atoms with E-state index in [-0.39, 0.29) is 11.9 Å². The quantitative estimate of drug-likeness (QED) is 0.851. The standard InChI is InChI=1S/C19H26N4O2/c1-21-10-11-22(14-15-6-2-3-7-16(15)21)12-13-23-17(24)19(20-18(23)25)8-4-5-9-19/h2-3,6-7H,4-5,8-14H2,1H3,(H,20,25). The van der Waals surface area contributed by atoms with Crippen LogP contribution in [0.25, 0.3) is 0 Å². The summed E-state index contributed by atoms with van der Waals surface area (Å²) in [7, 11) is 2.11. The maximum Gasteiger partial charge on any atom is 0.325 e. The number of likely N-dealkylation sites (N-methyl/N-ethyl adjacent to an activating group) is 1. The molecule has 0 unspecified atom stereocenters. The third-order valence-corrected chi connectivity index (χ3v) is 5.89. The molecule has 1 aliphatic carbocycles. The van der Waals surface area contributed by atoms with Crippen LogP contribution in [0, 0.1) is 0 Å². The number of nitrogens with zero attached hydrogens (tertiary/aromatic N) is 3. The fourth-order valence-electron chi connectivity index (χ4n) is 4.38. The monoisotopic (exact) mass is 342 g/mol. The summed E-state index contributed by atoms with van der Waals surface area (Å²) in [4.78, 5) is 31.1. The number of hydrogen-bond acceptors (Lipinski definition) is 4. The zero-order valence-corrected chi connectivity index (χ0v) is 14.8. The van der Waals surface area contributed by atoms with Crippen molar-refractivity contribution >= 4 is 17.6 Å². The van der Waals surface area contributed by atoms with Crippen LogP contribution in [0.1, 0.15) is 31.2 Å². The van der Waals surface area contributed by atoms with Gasteiger partial charge in [-0.25, -0.2) is 4.79 Å². The van der Waals surface area contributed by atoms with Gasteiger partial charge in [-0.2, -0.15) is 0 Å². The lowest BCUT2D eigenvalue weighted by molar-refractivity contribution is -0.131. The molecule has 0 aromatic heterocycles. The van der Waals surface area contributed by atoms with E-state index in [2.05, 4.69) is 46.4 Å². The highest BCUT2D eigenvalue weighted by Crippen LogP contribution is 2.35. The largest absolute Gasteiger partial charge is 0.373 e. The van der Waals surface area contributed by atoms with E-state index in [4.69, 9.17) is 0 Å². The highest BCUT2D eigenvalue weighted by Gasteiger charge is 2.52. The average molecular weight is 342 g/mol. The van der Waals surface area contributed by atoms with E-state index < -0.39 is 5.54 Å². The molecule has 1 saturated carbocycles. The van der Waals surface area contributed by atoms with Gasteiger partial charge in [0, 0.05) is 45.5 Å². The van der Waals surface area contributed by atoms with Crippen molar-refractivity contribution in [3.05, 3.63) is 29.8 Å². The first-order valence-corrected chi connectivity index (χ1v) is 9.25. The van der Waals surface area contributed by atoms with Gasteiger partial charge in [-0.15, -0.1) is 0 Å². The zero-order valence-electron chi connectivity index (χ0n) is 14.8. The normalized spacial score (nSPS) is 23.1. The Morgan fingerprint density at radius 1 is 1.08 bits per heavy atom. The Hall–Kier alpha value is -2.08. The smallest absolute Gasteiger partial charge is 0.325 e. The highest BCUT2D eigenvalue weighted by molar-refractivity contribution is 6.07. The summed E-state index contributed by atoms with van der Waals surface area (Å²) in [6.45, 7) is 3.92. The molecule has 4 rings (SSSR count). The van der Waals surface area contributed by atoms with Gasteiger partial charge in [0.2, 0.25) is 0 Å². The lowest BCUT2D eigenvalue weighted by atomic mass is 9.98. The fourth-order valence-corrected chi connectivity index (χ4v) is 4.38. The zero-order chi connectivity index (χ0) is 17.4.